The Kier molecular flexibility index (Phi) is 8.10. The van der Waals surface area contributed by atoms with E-state index in [2.05, 4.69) is 95.8 Å². The summed E-state index contributed by atoms with van der Waals surface area (Å²) >= 11 is 0. The maximum atomic E-state index is 13.0. The van der Waals surface area contributed by atoms with Crippen LogP contribution in [0.4, 0.5) is 0 Å². The molecule has 0 spiro atoms. The molecule has 6 rings (SSSR count). The minimum absolute atomic E-state index is 0.116. The lowest BCUT2D eigenvalue weighted by Crippen LogP contribution is -2.41. The zero-order valence-electron chi connectivity index (χ0n) is 28.4. The van der Waals surface area contributed by atoms with Crippen LogP contribution in [-0.4, -0.2) is 64.6 Å². The van der Waals surface area contributed by atoms with Gasteiger partial charge in [-0.25, -0.2) is 4.98 Å². The first-order valence-corrected chi connectivity index (χ1v) is 16.6. The summed E-state index contributed by atoms with van der Waals surface area (Å²) in [4.78, 5) is 31.1. The van der Waals surface area contributed by atoms with Crippen molar-refractivity contribution in [2.75, 3.05) is 34.2 Å². The fourth-order valence-electron chi connectivity index (χ4n) is 7.44. The molecule has 3 aromatic rings. The average molecular weight is 606 g/mol. The lowest BCUT2D eigenvalue weighted by molar-refractivity contribution is -0.869. The Balaban J connectivity index is 1.54. The van der Waals surface area contributed by atoms with E-state index in [4.69, 9.17) is 9.97 Å². The molecule has 0 saturated carbocycles. The Bertz CT molecular complexity index is 1900. The molecule has 0 saturated heterocycles. The van der Waals surface area contributed by atoms with Gasteiger partial charge in [0.25, 0.3) is 0 Å². The molecule has 2 aliphatic heterocycles. The Labute approximate surface area is 267 Å². The predicted octanol–water partition coefficient (Wildman–Crippen LogP) is 7.50. The molecule has 1 aliphatic carbocycles. The van der Waals surface area contributed by atoms with Crippen molar-refractivity contribution in [2.24, 2.45) is 0 Å². The van der Waals surface area contributed by atoms with Crippen LogP contribution in [0.1, 0.15) is 102 Å². The first kappa shape index (κ1) is 31.0. The van der Waals surface area contributed by atoms with Crippen molar-refractivity contribution in [2.45, 2.75) is 78.6 Å². The van der Waals surface area contributed by atoms with Gasteiger partial charge in [-0.15, -0.1) is 0 Å². The van der Waals surface area contributed by atoms with E-state index in [1.807, 2.05) is 6.08 Å². The van der Waals surface area contributed by atoms with E-state index in [9.17, 15) is 4.79 Å². The number of H-pyrrole nitrogens is 2. The molecule has 0 radical (unpaired) electrons. The first-order valence-electron chi connectivity index (χ1n) is 16.6. The quantitative estimate of drug-likeness (QED) is 0.232. The lowest BCUT2D eigenvalue weighted by Gasteiger charge is -2.24. The monoisotopic (exact) mass is 605 g/mol. The Morgan fingerprint density at radius 2 is 1.76 bits per heavy atom. The zero-order chi connectivity index (χ0) is 32.2. The molecular weight excluding hydrogens is 556 g/mol. The van der Waals surface area contributed by atoms with Crippen molar-refractivity contribution in [3.05, 3.63) is 75.4 Å². The predicted molar refractivity (Wildman–Crippen MR) is 187 cm³/mol. The minimum Gasteiger partial charge on any atom is -0.355 e. The smallest absolute Gasteiger partial charge is 0.220 e. The third kappa shape index (κ3) is 5.67. The molecule has 236 valence electrons. The van der Waals surface area contributed by atoms with Crippen LogP contribution in [0.25, 0.3) is 39.3 Å². The van der Waals surface area contributed by atoms with Gasteiger partial charge in [-0.2, -0.15) is 0 Å². The molecule has 3 aromatic heterocycles. The Morgan fingerprint density at radius 1 is 1.02 bits per heavy atom. The summed E-state index contributed by atoms with van der Waals surface area (Å²) < 4.78 is 0.826. The zero-order valence-corrected chi connectivity index (χ0v) is 28.4. The number of likely N-dealkylation sites (N-methyl/N-ethyl adjacent to an activating group) is 1. The van der Waals surface area contributed by atoms with E-state index in [0.717, 1.165) is 92.7 Å². The summed E-state index contributed by atoms with van der Waals surface area (Å²) in [5.74, 6) is 0.447. The summed E-state index contributed by atoms with van der Waals surface area (Å²) in [7, 11) is 6.44. The second-order valence-corrected chi connectivity index (χ2v) is 14.2. The van der Waals surface area contributed by atoms with Crippen molar-refractivity contribution in [3.63, 3.8) is 0 Å². The average Bonchev–Trinajstić information content (AvgIpc) is 3.74. The third-order valence-electron chi connectivity index (χ3n) is 10.3. The summed E-state index contributed by atoms with van der Waals surface area (Å²) in [6.07, 6.45) is 6.05. The van der Waals surface area contributed by atoms with Crippen molar-refractivity contribution in [1.82, 2.24) is 25.3 Å². The maximum absolute atomic E-state index is 13.0. The van der Waals surface area contributed by atoms with Gasteiger partial charge in [-0.05, 0) is 92.5 Å². The first-order chi connectivity index (χ1) is 21.4. The summed E-state index contributed by atoms with van der Waals surface area (Å²) in [6, 6.07) is 6.68. The highest BCUT2D eigenvalue weighted by Gasteiger charge is 2.35. The van der Waals surface area contributed by atoms with E-state index >= 15 is 0 Å². The van der Waals surface area contributed by atoms with Crippen molar-refractivity contribution < 1.29 is 9.28 Å². The maximum Gasteiger partial charge on any atom is 0.220 e. The summed E-state index contributed by atoms with van der Waals surface area (Å²) in [6.45, 7) is 16.8. The fraction of sp³-hybridized carbons (Fsp3) is 0.447. The number of carbonyl (C=O) groups is 1. The fourth-order valence-corrected chi connectivity index (χ4v) is 7.44. The van der Waals surface area contributed by atoms with Crippen LogP contribution in [0.3, 0.4) is 0 Å². The molecule has 3 aliphatic rings. The van der Waals surface area contributed by atoms with Crippen LogP contribution in [0.15, 0.2) is 24.8 Å². The molecule has 8 bridgehead atoms. The van der Waals surface area contributed by atoms with Crippen molar-refractivity contribution in [3.8, 4) is 0 Å². The number of allylic oxidation sites excluding steroid dienone is 2. The van der Waals surface area contributed by atoms with Gasteiger partial charge in [-0.3, -0.25) is 9.78 Å². The number of aromatic nitrogens is 4. The van der Waals surface area contributed by atoms with E-state index in [1.165, 1.54) is 27.8 Å². The minimum atomic E-state index is 0.116. The topological polar surface area (TPSA) is 86.5 Å². The van der Waals surface area contributed by atoms with Crippen LogP contribution in [0.2, 0.25) is 0 Å². The number of quaternary nitrogens is 1. The number of hydrogen-bond donors (Lipinski definition) is 3. The van der Waals surface area contributed by atoms with Gasteiger partial charge in [0.2, 0.25) is 5.91 Å². The number of aryl methyl sites for hydroxylation is 3. The van der Waals surface area contributed by atoms with Gasteiger partial charge in [0, 0.05) is 62.8 Å². The number of nitrogens with one attached hydrogen (secondary N) is 3. The standard InChI is InChI=1S/C38H48N6O/c1-10-25-21(3)30-18-32-24(6)28(14-15-36(45)39-16-17-44(7,8)9)38(42-32)29-13-12-27-23(5)33(43-37(27)29)20-35-26(11-2)22(4)31(41-35)19-34(25)40-30/h10,18-20,24,28H,1,11-17H2,2-9H3,(H2-,39,40,41,42,43,45)/p+1/t24-,28-/m0/s1. The second-order valence-electron chi connectivity index (χ2n) is 14.2. The van der Waals surface area contributed by atoms with Crippen molar-refractivity contribution >= 4 is 45.2 Å². The third-order valence-corrected chi connectivity index (χ3v) is 10.3. The van der Waals surface area contributed by atoms with E-state index in [-0.39, 0.29) is 17.7 Å². The molecule has 3 N–H and O–H groups in total. The molecule has 5 heterocycles. The molecule has 1 amide bonds. The lowest BCUT2D eigenvalue weighted by atomic mass is 9.85. The van der Waals surface area contributed by atoms with Gasteiger partial charge in [-0.1, -0.05) is 26.5 Å². The molecule has 0 fully saturated rings. The highest BCUT2D eigenvalue weighted by atomic mass is 16.1. The largest absolute Gasteiger partial charge is 0.355 e. The number of aromatic amines is 2. The summed E-state index contributed by atoms with van der Waals surface area (Å²) in [5, 5.41) is 3.15. The van der Waals surface area contributed by atoms with Gasteiger partial charge in [0.05, 0.1) is 45.6 Å². The van der Waals surface area contributed by atoms with Crippen LogP contribution >= 0.6 is 0 Å². The number of carbonyl (C=O) groups excluding carboxylic acids is 1. The Morgan fingerprint density at radius 3 is 2.47 bits per heavy atom. The van der Waals surface area contributed by atoms with Gasteiger partial charge in [0.15, 0.2) is 0 Å². The van der Waals surface area contributed by atoms with Crippen LogP contribution in [-0.2, 0) is 17.6 Å². The van der Waals surface area contributed by atoms with E-state index < -0.39 is 0 Å². The normalized spacial score (nSPS) is 17.7. The van der Waals surface area contributed by atoms with E-state index in [0.29, 0.717) is 13.0 Å². The number of fused-ring (bicyclic) bond motifs is 8. The molecule has 7 nitrogen and oxygen atoms in total. The SMILES string of the molecule is C=Cc1c(C)c2cc3nc(c4c5nc(cc6[nH]c(cc1[nH]2)c(C)c6CC)C(C)=C5CC4)[C@@H](CCC(=O)NCC[N+](C)(C)C)[C@@H]3C. The number of amides is 1. The van der Waals surface area contributed by atoms with Gasteiger partial charge in [0.1, 0.15) is 0 Å². The van der Waals surface area contributed by atoms with Crippen LogP contribution in [0, 0.1) is 13.8 Å². The van der Waals surface area contributed by atoms with Crippen LogP contribution < -0.4 is 5.32 Å². The van der Waals surface area contributed by atoms with Gasteiger partial charge >= 0.3 is 0 Å². The highest BCUT2D eigenvalue weighted by molar-refractivity contribution is 5.95. The molecule has 0 unspecified atom stereocenters. The number of rotatable bonds is 8. The second kappa shape index (κ2) is 11.8. The van der Waals surface area contributed by atoms with Crippen molar-refractivity contribution in [1.29, 1.82) is 0 Å². The number of hydrogen-bond acceptors (Lipinski definition) is 3. The number of nitrogens with zero attached hydrogens (tertiary/aromatic N) is 3. The molecule has 2 atom stereocenters. The Hall–Kier alpha value is -3.97. The van der Waals surface area contributed by atoms with E-state index in [1.54, 1.807) is 0 Å². The molecule has 45 heavy (non-hydrogen) atoms. The molecular formula is C38H49N6O+. The molecule has 0 aromatic carbocycles. The van der Waals surface area contributed by atoms with Crippen LogP contribution in [0.5, 0.6) is 0 Å². The highest BCUT2D eigenvalue weighted by Crippen LogP contribution is 2.47. The molecule has 7 heteroatoms. The van der Waals surface area contributed by atoms with Gasteiger partial charge < -0.3 is 19.8 Å². The summed E-state index contributed by atoms with van der Waals surface area (Å²) in [5.41, 5.74) is 17.4.